The molecule has 7 heteroatoms. The molecule has 1 aliphatic rings. The van der Waals surface area contributed by atoms with Crippen molar-refractivity contribution in [3.05, 3.63) is 59.2 Å². The second-order valence-corrected chi connectivity index (χ2v) is 6.64. The van der Waals surface area contributed by atoms with E-state index < -0.39 is 10.0 Å². The summed E-state index contributed by atoms with van der Waals surface area (Å²) >= 11 is 0. The number of hydrazine groups is 1. The second kappa shape index (κ2) is 5.53. The van der Waals surface area contributed by atoms with Gasteiger partial charge in [-0.15, -0.1) is 0 Å². The summed E-state index contributed by atoms with van der Waals surface area (Å²) in [5.41, 5.74) is 2.46. The highest BCUT2D eigenvalue weighted by molar-refractivity contribution is 7.89. The summed E-state index contributed by atoms with van der Waals surface area (Å²) in [4.78, 5) is 14.5. The third kappa shape index (κ3) is 2.39. The lowest BCUT2D eigenvalue weighted by Crippen LogP contribution is -2.31. The normalized spacial score (nSPS) is 13.5. The molecule has 0 bridgehead atoms. The maximum Gasteiger partial charge on any atom is 0.253 e. The summed E-state index contributed by atoms with van der Waals surface area (Å²) in [5, 5.41) is 3.20. The zero-order chi connectivity index (χ0) is 15.7. The van der Waals surface area contributed by atoms with Gasteiger partial charge in [0, 0.05) is 23.4 Å². The standard InChI is InChI=1S/C15H15N3O3S/c16-18-22(20,21)14-7-2-1-4-12(14)15(19)11-5-3-6-13-10(11)8-9-17-13/h1-7,17-18H,8-9,16H2. The summed E-state index contributed by atoms with van der Waals surface area (Å²) < 4.78 is 24.0. The predicted octanol–water partition coefficient (Wildman–Crippen LogP) is 1.04. The molecular weight excluding hydrogens is 302 g/mol. The number of anilines is 1. The molecule has 0 aliphatic carbocycles. The molecular formula is C15H15N3O3S. The summed E-state index contributed by atoms with van der Waals surface area (Å²) in [5.74, 6) is 4.75. The Morgan fingerprint density at radius 3 is 2.59 bits per heavy atom. The van der Waals surface area contributed by atoms with Crippen molar-refractivity contribution in [3.63, 3.8) is 0 Å². The van der Waals surface area contributed by atoms with Crippen molar-refractivity contribution in [3.8, 4) is 0 Å². The molecule has 6 nitrogen and oxygen atoms in total. The number of carbonyl (C=O) groups is 1. The molecule has 0 amide bonds. The molecule has 0 aromatic heterocycles. The maximum absolute atomic E-state index is 12.8. The van der Waals surface area contributed by atoms with Crippen LogP contribution in [0.25, 0.3) is 0 Å². The molecule has 4 N–H and O–H groups in total. The lowest BCUT2D eigenvalue weighted by Gasteiger charge is -2.11. The fraction of sp³-hybridized carbons (Fsp3) is 0.133. The van der Waals surface area contributed by atoms with Crippen molar-refractivity contribution in [1.29, 1.82) is 0 Å². The Kier molecular flexibility index (Phi) is 3.69. The smallest absolute Gasteiger partial charge is 0.253 e. The summed E-state index contributed by atoms with van der Waals surface area (Å²) in [7, 11) is -3.90. The Morgan fingerprint density at radius 1 is 1.09 bits per heavy atom. The molecule has 0 radical (unpaired) electrons. The van der Waals surface area contributed by atoms with Crippen LogP contribution in [0.3, 0.4) is 0 Å². The predicted molar refractivity (Wildman–Crippen MR) is 83.0 cm³/mol. The van der Waals surface area contributed by atoms with Crippen LogP contribution in [-0.2, 0) is 16.4 Å². The first kappa shape index (κ1) is 14.7. The number of fused-ring (bicyclic) bond motifs is 1. The highest BCUT2D eigenvalue weighted by atomic mass is 32.2. The minimum atomic E-state index is -3.90. The van der Waals surface area contributed by atoms with Gasteiger partial charge >= 0.3 is 0 Å². The lowest BCUT2D eigenvalue weighted by atomic mass is 9.97. The zero-order valence-corrected chi connectivity index (χ0v) is 12.5. The zero-order valence-electron chi connectivity index (χ0n) is 11.7. The molecule has 0 fully saturated rings. The van der Waals surface area contributed by atoms with Crippen molar-refractivity contribution >= 4 is 21.5 Å². The minimum Gasteiger partial charge on any atom is -0.384 e. The van der Waals surface area contributed by atoms with Crippen LogP contribution in [0.2, 0.25) is 0 Å². The van der Waals surface area contributed by atoms with Gasteiger partial charge in [-0.3, -0.25) is 10.6 Å². The summed E-state index contributed by atoms with van der Waals surface area (Å²) in [6.45, 7) is 0.768. The van der Waals surface area contributed by atoms with Gasteiger partial charge < -0.3 is 5.32 Å². The number of nitrogens with two attached hydrogens (primary N) is 1. The molecule has 1 heterocycles. The van der Waals surface area contributed by atoms with Gasteiger partial charge in [0.1, 0.15) is 0 Å². The highest BCUT2D eigenvalue weighted by Crippen LogP contribution is 2.28. The van der Waals surface area contributed by atoms with Gasteiger partial charge in [0.25, 0.3) is 10.0 Å². The fourth-order valence-corrected chi connectivity index (χ4v) is 3.49. The number of hydrogen-bond acceptors (Lipinski definition) is 5. The van der Waals surface area contributed by atoms with Gasteiger partial charge in [-0.05, 0) is 30.2 Å². The second-order valence-electron chi connectivity index (χ2n) is 4.96. The molecule has 22 heavy (non-hydrogen) atoms. The van der Waals surface area contributed by atoms with E-state index in [2.05, 4.69) is 5.32 Å². The maximum atomic E-state index is 12.8. The summed E-state index contributed by atoms with van der Waals surface area (Å²) in [6.07, 6.45) is 0.737. The van der Waals surface area contributed by atoms with E-state index in [0.29, 0.717) is 5.56 Å². The molecule has 0 atom stereocenters. The van der Waals surface area contributed by atoms with E-state index in [1.54, 1.807) is 29.1 Å². The van der Waals surface area contributed by atoms with Crippen LogP contribution in [-0.4, -0.2) is 20.7 Å². The quantitative estimate of drug-likeness (QED) is 0.444. The minimum absolute atomic E-state index is 0.112. The number of ketones is 1. The Balaban J connectivity index is 2.14. The monoisotopic (exact) mass is 317 g/mol. The largest absolute Gasteiger partial charge is 0.384 e. The molecule has 2 aromatic carbocycles. The van der Waals surface area contributed by atoms with Crippen molar-refractivity contribution < 1.29 is 13.2 Å². The van der Waals surface area contributed by atoms with Crippen LogP contribution >= 0.6 is 0 Å². The van der Waals surface area contributed by atoms with Crippen LogP contribution in [0.5, 0.6) is 0 Å². The number of nitrogens with one attached hydrogen (secondary N) is 2. The van der Waals surface area contributed by atoms with Crippen molar-refractivity contribution in [2.75, 3.05) is 11.9 Å². The van der Waals surface area contributed by atoms with E-state index in [0.717, 1.165) is 24.2 Å². The molecule has 3 rings (SSSR count). The van der Waals surface area contributed by atoms with E-state index >= 15 is 0 Å². The average molecular weight is 317 g/mol. The van der Waals surface area contributed by atoms with Crippen molar-refractivity contribution in [2.45, 2.75) is 11.3 Å². The number of hydrogen-bond donors (Lipinski definition) is 3. The van der Waals surface area contributed by atoms with Crippen molar-refractivity contribution in [1.82, 2.24) is 4.83 Å². The van der Waals surface area contributed by atoms with Crippen LogP contribution in [0.1, 0.15) is 21.5 Å². The first-order valence-corrected chi connectivity index (χ1v) is 8.25. The topological polar surface area (TPSA) is 101 Å². The molecule has 114 valence electrons. The molecule has 0 saturated heterocycles. The molecule has 1 aliphatic heterocycles. The summed E-state index contributed by atoms with van der Waals surface area (Å²) in [6, 6.07) is 11.4. The van der Waals surface area contributed by atoms with Gasteiger partial charge in [-0.25, -0.2) is 8.42 Å². The number of sulfonamides is 1. The number of rotatable bonds is 4. The van der Waals surface area contributed by atoms with Crippen LogP contribution in [0.4, 0.5) is 5.69 Å². The van der Waals surface area contributed by atoms with E-state index in [1.165, 1.54) is 12.1 Å². The van der Waals surface area contributed by atoms with Gasteiger partial charge in [-0.2, -0.15) is 4.83 Å². The van der Waals surface area contributed by atoms with Crippen LogP contribution in [0.15, 0.2) is 47.4 Å². The van der Waals surface area contributed by atoms with E-state index in [1.807, 2.05) is 6.07 Å². The molecule has 2 aromatic rings. The van der Waals surface area contributed by atoms with Crippen molar-refractivity contribution in [2.24, 2.45) is 5.84 Å². The third-order valence-corrected chi connectivity index (χ3v) is 4.93. The lowest BCUT2D eigenvalue weighted by molar-refractivity contribution is 0.103. The van der Waals surface area contributed by atoms with Crippen LogP contribution < -0.4 is 16.0 Å². The highest BCUT2D eigenvalue weighted by Gasteiger charge is 2.25. The van der Waals surface area contributed by atoms with Gasteiger partial charge in [-0.1, -0.05) is 24.3 Å². The SMILES string of the molecule is NNS(=O)(=O)c1ccccc1C(=O)c1cccc2c1CCN2. The number of benzene rings is 2. The Labute approximate surface area is 128 Å². The molecule has 0 saturated carbocycles. The first-order chi connectivity index (χ1) is 10.5. The van der Waals surface area contributed by atoms with Gasteiger partial charge in [0.15, 0.2) is 5.78 Å². The van der Waals surface area contributed by atoms with Gasteiger partial charge in [0.2, 0.25) is 0 Å². The average Bonchev–Trinajstić information content (AvgIpc) is 3.02. The first-order valence-electron chi connectivity index (χ1n) is 6.76. The van der Waals surface area contributed by atoms with E-state index in [9.17, 15) is 13.2 Å². The van der Waals surface area contributed by atoms with E-state index in [4.69, 9.17) is 5.84 Å². The van der Waals surface area contributed by atoms with E-state index in [-0.39, 0.29) is 16.2 Å². The van der Waals surface area contributed by atoms with Gasteiger partial charge in [0.05, 0.1) is 4.90 Å². The molecule has 0 unspecified atom stereocenters. The Hall–Kier alpha value is -2.22. The number of carbonyl (C=O) groups excluding carboxylic acids is 1. The Bertz CT molecular complexity index is 847. The Morgan fingerprint density at radius 2 is 1.82 bits per heavy atom. The molecule has 0 spiro atoms. The van der Waals surface area contributed by atoms with Crippen LogP contribution in [0, 0.1) is 0 Å². The third-order valence-electron chi connectivity index (χ3n) is 3.69. The fourth-order valence-electron chi connectivity index (χ4n) is 2.65.